The second kappa shape index (κ2) is 5.71. The van der Waals surface area contributed by atoms with E-state index in [0.717, 1.165) is 24.1 Å². The van der Waals surface area contributed by atoms with E-state index in [1.165, 1.54) is 0 Å². The molecule has 1 heterocycles. The molecule has 6 nitrogen and oxygen atoms in total. The van der Waals surface area contributed by atoms with Crippen LogP contribution < -0.4 is 10.2 Å². The molecule has 102 valence electrons. The van der Waals surface area contributed by atoms with Gasteiger partial charge in [0, 0.05) is 12.2 Å². The molecule has 1 aliphatic heterocycles. The summed E-state index contributed by atoms with van der Waals surface area (Å²) in [5, 5.41) is 20.1. The summed E-state index contributed by atoms with van der Waals surface area (Å²) < 4.78 is 0. The molecule has 3 N–H and O–H groups in total. The molecule has 0 aromatic heterocycles. The molecule has 6 heteroatoms. The Morgan fingerprint density at radius 3 is 2.84 bits per heavy atom. The molecule has 0 saturated heterocycles. The largest absolute Gasteiger partial charge is 0.479 e. The van der Waals surface area contributed by atoms with E-state index in [1.807, 2.05) is 24.3 Å². The van der Waals surface area contributed by atoms with Gasteiger partial charge in [-0.1, -0.05) is 18.2 Å². The fourth-order valence-electron chi connectivity index (χ4n) is 2.11. The number of aryl methyl sites for hydroxylation is 1. The Morgan fingerprint density at radius 1 is 1.37 bits per heavy atom. The van der Waals surface area contributed by atoms with Crippen molar-refractivity contribution < 1.29 is 19.8 Å². The van der Waals surface area contributed by atoms with Gasteiger partial charge in [-0.25, -0.2) is 9.59 Å². The smallest absolute Gasteiger partial charge is 0.334 e. The van der Waals surface area contributed by atoms with Gasteiger partial charge in [0.25, 0.3) is 0 Å². The van der Waals surface area contributed by atoms with Crippen LogP contribution in [-0.2, 0) is 11.2 Å². The number of para-hydroxylation sites is 1. The number of fused-ring (bicyclic) bond motifs is 1. The fourth-order valence-corrected chi connectivity index (χ4v) is 2.11. The van der Waals surface area contributed by atoms with Crippen LogP contribution in [0, 0.1) is 0 Å². The predicted octanol–water partition coefficient (Wildman–Crippen LogP) is 0.594. The maximum atomic E-state index is 12.0. The van der Waals surface area contributed by atoms with E-state index < -0.39 is 12.1 Å². The summed E-state index contributed by atoms with van der Waals surface area (Å²) in [4.78, 5) is 24.0. The van der Waals surface area contributed by atoms with Crippen LogP contribution in [0.4, 0.5) is 10.5 Å². The molecule has 0 saturated carbocycles. The summed E-state index contributed by atoms with van der Waals surface area (Å²) in [5.41, 5.74) is 1.94. The first-order chi connectivity index (χ1) is 9.09. The zero-order valence-electron chi connectivity index (χ0n) is 10.4. The Morgan fingerprint density at radius 2 is 2.11 bits per heavy atom. The number of aliphatic hydroxyl groups excluding tert-OH is 1. The standard InChI is InChI=1S/C13H16N2O4/c16-11(12(17)18)8-14-13(19)15-7-3-5-9-4-1-2-6-10(9)15/h1-2,4,6,11,16H,3,5,7-8H2,(H,14,19)(H,17,18). The third kappa shape index (κ3) is 3.03. The van der Waals surface area contributed by atoms with Gasteiger partial charge in [0.2, 0.25) is 0 Å². The minimum atomic E-state index is -1.58. The van der Waals surface area contributed by atoms with E-state index in [9.17, 15) is 9.59 Å². The maximum absolute atomic E-state index is 12.0. The van der Waals surface area contributed by atoms with Gasteiger partial charge in [0.05, 0.1) is 6.54 Å². The molecule has 1 aromatic carbocycles. The number of benzene rings is 1. The number of carbonyl (C=O) groups is 2. The highest BCUT2D eigenvalue weighted by atomic mass is 16.4. The highest BCUT2D eigenvalue weighted by molar-refractivity contribution is 5.93. The van der Waals surface area contributed by atoms with Gasteiger partial charge < -0.3 is 15.5 Å². The summed E-state index contributed by atoms with van der Waals surface area (Å²) in [6.45, 7) is 0.291. The first-order valence-electron chi connectivity index (χ1n) is 6.13. The SMILES string of the molecule is O=C(O)C(O)CNC(=O)N1CCCc2ccccc21. The number of hydrogen-bond donors (Lipinski definition) is 3. The molecule has 1 aromatic rings. The van der Waals surface area contributed by atoms with Gasteiger partial charge in [-0.3, -0.25) is 4.90 Å². The topological polar surface area (TPSA) is 89.9 Å². The van der Waals surface area contributed by atoms with E-state index in [-0.39, 0.29) is 12.6 Å². The van der Waals surface area contributed by atoms with Gasteiger partial charge in [0.1, 0.15) is 0 Å². The molecule has 0 spiro atoms. The van der Waals surface area contributed by atoms with Crippen LogP contribution in [-0.4, -0.2) is 41.4 Å². The van der Waals surface area contributed by atoms with Gasteiger partial charge in [0.15, 0.2) is 6.10 Å². The average molecular weight is 264 g/mol. The summed E-state index contributed by atoms with van der Waals surface area (Å²) in [5.74, 6) is -1.35. The molecule has 2 rings (SSSR count). The van der Waals surface area contributed by atoms with Crippen LogP contribution >= 0.6 is 0 Å². The number of nitrogens with zero attached hydrogens (tertiary/aromatic N) is 1. The number of anilines is 1. The van der Waals surface area contributed by atoms with Crippen molar-refractivity contribution in [3.05, 3.63) is 29.8 Å². The predicted molar refractivity (Wildman–Crippen MR) is 69.2 cm³/mol. The van der Waals surface area contributed by atoms with Crippen LogP contribution in [0.3, 0.4) is 0 Å². The van der Waals surface area contributed by atoms with E-state index >= 15 is 0 Å². The van der Waals surface area contributed by atoms with Crippen LogP contribution in [0.25, 0.3) is 0 Å². The Kier molecular flexibility index (Phi) is 4.01. The van der Waals surface area contributed by atoms with Gasteiger partial charge in [-0.2, -0.15) is 0 Å². The van der Waals surface area contributed by atoms with Gasteiger partial charge >= 0.3 is 12.0 Å². The van der Waals surface area contributed by atoms with Crippen molar-refractivity contribution in [2.24, 2.45) is 0 Å². The zero-order valence-corrected chi connectivity index (χ0v) is 10.4. The number of carbonyl (C=O) groups excluding carboxylic acids is 1. The zero-order chi connectivity index (χ0) is 13.8. The maximum Gasteiger partial charge on any atom is 0.334 e. The van der Waals surface area contributed by atoms with Crippen molar-refractivity contribution in [3.8, 4) is 0 Å². The third-order valence-corrected chi connectivity index (χ3v) is 3.09. The monoisotopic (exact) mass is 264 g/mol. The van der Waals surface area contributed by atoms with Crippen molar-refractivity contribution in [1.82, 2.24) is 5.32 Å². The summed E-state index contributed by atoms with van der Waals surface area (Å²) in [7, 11) is 0. The molecule has 2 amide bonds. The fraction of sp³-hybridized carbons (Fsp3) is 0.385. The molecule has 1 unspecified atom stereocenters. The first-order valence-corrected chi connectivity index (χ1v) is 6.13. The molecule has 0 fully saturated rings. The molecule has 19 heavy (non-hydrogen) atoms. The molecule has 0 aliphatic carbocycles. The lowest BCUT2D eigenvalue weighted by atomic mass is 10.0. The Bertz CT molecular complexity index is 489. The third-order valence-electron chi connectivity index (χ3n) is 3.09. The second-order valence-electron chi connectivity index (χ2n) is 4.42. The summed E-state index contributed by atoms with van der Waals surface area (Å²) >= 11 is 0. The number of urea groups is 1. The Balaban J connectivity index is 2.03. The number of hydrogen-bond acceptors (Lipinski definition) is 3. The Hall–Kier alpha value is -2.08. The molecule has 1 aliphatic rings. The van der Waals surface area contributed by atoms with Crippen LogP contribution in [0.5, 0.6) is 0 Å². The quantitative estimate of drug-likeness (QED) is 0.745. The van der Waals surface area contributed by atoms with Crippen molar-refractivity contribution >= 4 is 17.7 Å². The van der Waals surface area contributed by atoms with E-state index in [4.69, 9.17) is 10.2 Å². The van der Waals surface area contributed by atoms with Crippen LogP contribution in [0.1, 0.15) is 12.0 Å². The molecular formula is C13H16N2O4. The van der Waals surface area contributed by atoms with Crippen molar-refractivity contribution in [2.75, 3.05) is 18.0 Å². The van der Waals surface area contributed by atoms with Crippen molar-refractivity contribution in [2.45, 2.75) is 18.9 Å². The number of rotatable bonds is 3. The van der Waals surface area contributed by atoms with Crippen LogP contribution in [0.2, 0.25) is 0 Å². The molecule has 0 radical (unpaired) electrons. The van der Waals surface area contributed by atoms with E-state index in [1.54, 1.807) is 4.90 Å². The highest BCUT2D eigenvalue weighted by Gasteiger charge is 2.23. The van der Waals surface area contributed by atoms with Gasteiger partial charge in [-0.15, -0.1) is 0 Å². The Labute approximate surface area is 110 Å². The number of carboxylic acid groups (broad SMARTS) is 1. The summed E-state index contributed by atoms with van der Waals surface area (Å²) in [6, 6.07) is 7.24. The lowest BCUT2D eigenvalue weighted by Gasteiger charge is -2.29. The normalized spacial score (nSPS) is 15.5. The second-order valence-corrected chi connectivity index (χ2v) is 4.42. The molecule has 0 bridgehead atoms. The van der Waals surface area contributed by atoms with Crippen molar-refractivity contribution in [3.63, 3.8) is 0 Å². The first kappa shape index (κ1) is 13.4. The summed E-state index contributed by atoms with van der Waals surface area (Å²) in [6.07, 6.45) is 0.216. The lowest BCUT2D eigenvalue weighted by molar-refractivity contribution is -0.146. The van der Waals surface area contributed by atoms with E-state index in [0.29, 0.717) is 6.54 Å². The van der Waals surface area contributed by atoms with Crippen molar-refractivity contribution in [1.29, 1.82) is 0 Å². The highest BCUT2D eigenvalue weighted by Crippen LogP contribution is 2.26. The minimum absolute atomic E-state index is 0.299. The molecular weight excluding hydrogens is 248 g/mol. The number of amides is 2. The number of aliphatic carboxylic acids is 1. The minimum Gasteiger partial charge on any atom is -0.479 e. The van der Waals surface area contributed by atoms with Crippen LogP contribution in [0.15, 0.2) is 24.3 Å². The number of carboxylic acids is 1. The van der Waals surface area contributed by atoms with E-state index in [2.05, 4.69) is 5.32 Å². The number of nitrogens with one attached hydrogen (secondary N) is 1. The number of aliphatic hydroxyl groups is 1. The lowest BCUT2D eigenvalue weighted by Crippen LogP contribution is -2.46. The molecule has 1 atom stereocenters. The average Bonchev–Trinajstić information content (AvgIpc) is 2.43. The van der Waals surface area contributed by atoms with Gasteiger partial charge in [-0.05, 0) is 24.5 Å².